The van der Waals surface area contributed by atoms with E-state index < -0.39 is 24.3 Å². The Hall–Kier alpha value is -2.12. The van der Waals surface area contributed by atoms with Gasteiger partial charge in [0.15, 0.2) is 0 Å². The summed E-state index contributed by atoms with van der Waals surface area (Å²) in [5.74, 6) is 0.0235. The molecule has 28 heavy (non-hydrogen) atoms. The SMILES string of the molecule is CCCCCN1C(=O)[C@H]([C@H](O)[C@H](Cc2ccccc2)NC(=O)O)NC1C(C)C. The number of nitrogens with one attached hydrogen (secondary N) is 2. The minimum absolute atomic E-state index is 0.160. The van der Waals surface area contributed by atoms with Crippen LogP contribution in [0.1, 0.15) is 45.6 Å². The van der Waals surface area contributed by atoms with Crippen LogP contribution in [0.15, 0.2) is 30.3 Å². The summed E-state index contributed by atoms with van der Waals surface area (Å²) in [5.41, 5.74) is 0.894. The van der Waals surface area contributed by atoms with E-state index in [9.17, 15) is 19.8 Å². The lowest BCUT2D eigenvalue weighted by atomic mass is 9.96. The van der Waals surface area contributed by atoms with Crippen molar-refractivity contribution in [3.05, 3.63) is 35.9 Å². The van der Waals surface area contributed by atoms with Gasteiger partial charge < -0.3 is 20.4 Å². The highest BCUT2D eigenvalue weighted by Gasteiger charge is 2.45. The third kappa shape index (κ3) is 5.69. The summed E-state index contributed by atoms with van der Waals surface area (Å²) in [6.45, 7) is 6.82. The Labute approximate surface area is 167 Å². The molecule has 156 valence electrons. The summed E-state index contributed by atoms with van der Waals surface area (Å²) in [7, 11) is 0. The van der Waals surface area contributed by atoms with E-state index in [2.05, 4.69) is 17.6 Å². The van der Waals surface area contributed by atoms with Gasteiger partial charge in [0.25, 0.3) is 0 Å². The topological polar surface area (TPSA) is 102 Å². The molecular weight excluding hydrogens is 358 g/mol. The zero-order valence-electron chi connectivity index (χ0n) is 17.0. The van der Waals surface area contributed by atoms with Crippen molar-refractivity contribution in [3.63, 3.8) is 0 Å². The van der Waals surface area contributed by atoms with Crippen LogP contribution in [-0.4, -0.2) is 58.0 Å². The molecule has 2 rings (SSSR count). The predicted molar refractivity (Wildman–Crippen MR) is 108 cm³/mol. The van der Waals surface area contributed by atoms with Gasteiger partial charge in [-0.3, -0.25) is 10.1 Å². The van der Waals surface area contributed by atoms with Gasteiger partial charge in [-0.1, -0.05) is 63.9 Å². The molecule has 2 amide bonds. The van der Waals surface area contributed by atoms with Gasteiger partial charge in [0.05, 0.1) is 18.3 Å². The number of hydrogen-bond acceptors (Lipinski definition) is 4. The van der Waals surface area contributed by atoms with Crippen LogP contribution in [0.25, 0.3) is 0 Å². The molecule has 1 fully saturated rings. The number of carbonyl (C=O) groups is 2. The molecule has 0 spiro atoms. The minimum atomic E-state index is -1.22. The van der Waals surface area contributed by atoms with Crippen molar-refractivity contribution < 1.29 is 19.8 Å². The van der Waals surface area contributed by atoms with Crippen molar-refractivity contribution in [2.75, 3.05) is 6.54 Å². The Morgan fingerprint density at radius 1 is 1.25 bits per heavy atom. The van der Waals surface area contributed by atoms with Crippen molar-refractivity contribution >= 4 is 12.0 Å². The molecule has 0 aromatic heterocycles. The molecule has 0 saturated carbocycles. The average Bonchev–Trinajstić information content (AvgIpc) is 2.98. The van der Waals surface area contributed by atoms with Crippen molar-refractivity contribution in [1.29, 1.82) is 0 Å². The summed E-state index contributed by atoms with van der Waals surface area (Å²) >= 11 is 0. The largest absolute Gasteiger partial charge is 0.465 e. The Bertz CT molecular complexity index is 638. The summed E-state index contributed by atoms with van der Waals surface area (Å²) in [4.78, 5) is 26.1. The second-order valence-corrected chi connectivity index (χ2v) is 7.81. The number of aliphatic hydroxyl groups is 1. The molecular formula is C21H33N3O4. The molecule has 1 heterocycles. The van der Waals surface area contributed by atoms with E-state index >= 15 is 0 Å². The van der Waals surface area contributed by atoms with Gasteiger partial charge in [0.2, 0.25) is 5.91 Å². The lowest BCUT2D eigenvalue weighted by Gasteiger charge is -2.27. The van der Waals surface area contributed by atoms with Gasteiger partial charge in [-0.15, -0.1) is 0 Å². The van der Waals surface area contributed by atoms with E-state index in [1.165, 1.54) is 0 Å². The second-order valence-electron chi connectivity index (χ2n) is 7.81. The Kier molecular flexibility index (Phi) is 8.26. The van der Waals surface area contributed by atoms with Gasteiger partial charge in [-0.2, -0.15) is 0 Å². The van der Waals surface area contributed by atoms with E-state index in [-0.39, 0.29) is 18.0 Å². The minimum Gasteiger partial charge on any atom is -0.465 e. The van der Waals surface area contributed by atoms with Crippen LogP contribution >= 0.6 is 0 Å². The third-order valence-corrected chi connectivity index (χ3v) is 5.23. The number of amides is 2. The van der Waals surface area contributed by atoms with Crippen LogP contribution in [0.4, 0.5) is 4.79 Å². The van der Waals surface area contributed by atoms with E-state index in [4.69, 9.17) is 0 Å². The van der Waals surface area contributed by atoms with Crippen LogP contribution in [0.2, 0.25) is 0 Å². The molecule has 7 nitrogen and oxygen atoms in total. The van der Waals surface area contributed by atoms with Crippen LogP contribution < -0.4 is 10.6 Å². The Morgan fingerprint density at radius 3 is 2.50 bits per heavy atom. The number of unbranched alkanes of at least 4 members (excludes halogenated alkanes) is 2. The number of carboxylic acid groups (broad SMARTS) is 1. The maximum absolute atomic E-state index is 13.0. The van der Waals surface area contributed by atoms with Gasteiger partial charge in [0.1, 0.15) is 6.04 Å². The normalized spacial score (nSPS) is 21.8. The van der Waals surface area contributed by atoms with E-state index in [1.54, 1.807) is 4.90 Å². The standard InChI is InChI=1S/C21H33N3O4/c1-4-5-9-12-24-19(14(2)3)23-17(20(24)26)18(25)16(22-21(27)28)13-15-10-7-6-8-11-15/h6-8,10-11,14,16-19,22-23,25H,4-5,9,12-13H2,1-3H3,(H,27,28)/t16-,17-,18+,19?/m0/s1. The maximum Gasteiger partial charge on any atom is 0.404 e. The lowest BCUT2D eigenvalue weighted by Crippen LogP contribution is -2.55. The van der Waals surface area contributed by atoms with Crippen molar-refractivity contribution in [3.8, 4) is 0 Å². The number of nitrogens with zero attached hydrogens (tertiary/aromatic N) is 1. The van der Waals surface area contributed by atoms with Crippen molar-refractivity contribution in [2.45, 2.75) is 70.8 Å². The molecule has 1 saturated heterocycles. The first-order chi connectivity index (χ1) is 13.3. The van der Waals surface area contributed by atoms with E-state index in [0.717, 1.165) is 24.8 Å². The molecule has 1 aliphatic rings. The summed E-state index contributed by atoms with van der Waals surface area (Å²) in [6, 6.07) is 7.75. The molecule has 7 heteroatoms. The molecule has 0 radical (unpaired) electrons. The Morgan fingerprint density at radius 2 is 1.93 bits per heavy atom. The average molecular weight is 392 g/mol. The highest BCUT2D eigenvalue weighted by atomic mass is 16.4. The molecule has 4 atom stereocenters. The number of aliphatic hydroxyl groups excluding tert-OH is 1. The van der Waals surface area contributed by atoms with Crippen LogP contribution in [0.3, 0.4) is 0 Å². The quantitative estimate of drug-likeness (QED) is 0.458. The zero-order chi connectivity index (χ0) is 20.7. The lowest BCUT2D eigenvalue weighted by molar-refractivity contribution is -0.132. The van der Waals surface area contributed by atoms with Crippen LogP contribution in [0.5, 0.6) is 0 Å². The number of rotatable bonds is 10. The third-order valence-electron chi connectivity index (χ3n) is 5.23. The predicted octanol–water partition coefficient (Wildman–Crippen LogP) is 2.20. The summed E-state index contributed by atoms with van der Waals surface area (Å²) in [6.07, 6.45) is 0.783. The van der Waals surface area contributed by atoms with Gasteiger partial charge in [-0.25, -0.2) is 4.79 Å². The smallest absolute Gasteiger partial charge is 0.404 e. The van der Waals surface area contributed by atoms with Gasteiger partial charge in [-0.05, 0) is 24.3 Å². The first-order valence-electron chi connectivity index (χ1n) is 10.1. The highest BCUT2D eigenvalue weighted by molar-refractivity contribution is 5.85. The van der Waals surface area contributed by atoms with Crippen molar-refractivity contribution in [1.82, 2.24) is 15.5 Å². The van der Waals surface area contributed by atoms with E-state index in [1.807, 2.05) is 44.2 Å². The monoisotopic (exact) mass is 391 g/mol. The molecule has 4 N–H and O–H groups in total. The molecule has 1 aliphatic heterocycles. The fourth-order valence-electron chi connectivity index (χ4n) is 3.76. The molecule has 1 aromatic rings. The summed E-state index contributed by atoms with van der Waals surface area (Å²) < 4.78 is 0. The fraction of sp³-hybridized carbons (Fsp3) is 0.619. The van der Waals surface area contributed by atoms with E-state index in [0.29, 0.717) is 13.0 Å². The van der Waals surface area contributed by atoms with Crippen LogP contribution in [0, 0.1) is 5.92 Å². The van der Waals surface area contributed by atoms with Crippen LogP contribution in [-0.2, 0) is 11.2 Å². The zero-order valence-corrected chi connectivity index (χ0v) is 17.0. The maximum atomic E-state index is 13.0. The molecule has 1 unspecified atom stereocenters. The first kappa shape index (κ1) is 22.2. The number of hydrogen-bond donors (Lipinski definition) is 4. The van der Waals surface area contributed by atoms with Crippen molar-refractivity contribution in [2.24, 2.45) is 5.92 Å². The highest BCUT2D eigenvalue weighted by Crippen LogP contribution is 2.22. The van der Waals surface area contributed by atoms with Gasteiger partial charge in [0, 0.05) is 6.54 Å². The summed E-state index contributed by atoms with van der Waals surface area (Å²) in [5, 5.41) is 25.8. The molecule has 0 bridgehead atoms. The first-order valence-corrected chi connectivity index (χ1v) is 10.1. The second kappa shape index (κ2) is 10.4. The fourth-order valence-corrected chi connectivity index (χ4v) is 3.76. The Balaban J connectivity index is 2.16. The molecule has 0 aliphatic carbocycles. The number of benzene rings is 1. The molecule has 1 aromatic carbocycles. The van der Waals surface area contributed by atoms with Gasteiger partial charge >= 0.3 is 6.09 Å². The number of carbonyl (C=O) groups excluding carboxylic acids is 1.